The van der Waals surface area contributed by atoms with Gasteiger partial charge in [-0.3, -0.25) is 14.5 Å². The highest BCUT2D eigenvalue weighted by Gasteiger charge is 2.47. The third-order valence-corrected chi connectivity index (χ3v) is 8.99. The molecule has 1 amide bonds. The molecule has 0 saturated heterocycles. The van der Waals surface area contributed by atoms with Crippen molar-refractivity contribution in [1.29, 1.82) is 0 Å². The van der Waals surface area contributed by atoms with E-state index in [1.165, 1.54) is 43.1 Å². The summed E-state index contributed by atoms with van der Waals surface area (Å²) in [5, 5.41) is 20.6. The SMILES string of the molecule is COc1cccc2cc(C(=O)C3=C(O)C(=O)N(c4nnc(SCc5ccccc5Cl)s4)C3c3ccccc3F)oc12. The molecule has 1 aliphatic rings. The maximum absolute atomic E-state index is 15.2. The lowest BCUT2D eigenvalue weighted by Gasteiger charge is -2.24. The monoisotopic (exact) mass is 607 g/mol. The lowest BCUT2D eigenvalue weighted by Crippen LogP contribution is -2.31. The summed E-state index contributed by atoms with van der Waals surface area (Å²) in [5.74, 6) is -2.41. The number of rotatable bonds is 8. The maximum Gasteiger partial charge on any atom is 0.296 e. The molecule has 0 fully saturated rings. The van der Waals surface area contributed by atoms with E-state index in [9.17, 15) is 14.7 Å². The van der Waals surface area contributed by atoms with Crippen molar-refractivity contribution in [3.8, 4) is 5.75 Å². The highest BCUT2D eigenvalue weighted by atomic mass is 35.5. The van der Waals surface area contributed by atoms with Crippen LogP contribution >= 0.6 is 34.7 Å². The van der Waals surface area contributed by atoms with E-state index in [-0.39, 0.29) is 22.0 Å². The van der Waals surface area contributed by atoms with Crippen LogP contribution in [0.2, 0.25) is 5.02 Å². The van der Waals surface area contributed by atoms with Crippen LogP contribution in [0.1, 0.15) is 27.7 Å². The number of ether oxygens (including phenoxy) is 1. The van der Waals surface area contributed by atoms with Crippen LogP contribution < -0.4 is 9.64 Å². The number of nitrogens with zero attached hydrogens (tertiary/aromatic N) is 3. The van der Waals surface area contributed by atoms with Crippen molar-refractivity contribution in [3.05, 3.63) is 112 Å². The van der Waals surface area contributed by atoms with Crippen molar-refractivity contribution < 1.29 is 28.2 Å². The van der Waals surface area contributed by atoms with Gasteiger partial charge in [-0.2, -0.15) is 0 Å². The van der Waals surface area contributed by atoms with Gasteiger partial charge in [-0.05, 0) is 29.8 Å². The molecule has 0 aliphatic carbocycles. The minimum atomic E-state index is -1.32. The number of fused-ring (bicyclic) bond motifs is 1. The number of hydrogen-bond acceptors (Lipinski definition) is 9. The van der Waals surface area contributed by atoms with Crippen LogP contribution in [0.25, 0.3) is 11.0 Å². The molecule has 0 radical (unpaired) electrons. The van der Waals surface area contributed by atoms with Gasteiger partial charge in [0.25, 0.3) is 5.91 Å². The molecule has 12 heteroatoms. The predicted octanol–water partition coefficient (Wildman–Crippen LogP) is 7.16. The molecule has 0 spiro atoms. The molecule has 1 unspecified atom stereocenters. The Hall–Kier alpha value is -4.19. The number of amides is 1. The molecule has 8 nitrogen and oxygen atoms in total. The number of para-hydroxylation sites is 1. The minimum Gasteiger partial charge on any atom is -0.503 e. The number of aliphatic hydroxyl groups excluding tert-OH is 1. The summed E-state index contributed by atoms with van der Waals surface area (Å²) in [7, 11) is 1.47. The number of furan rings is 1. The van der Waals surface area contributed by atoms with Gasteiger partial charge in [0.2, 0.25) is 10.9 Å². The summed E-state index contributed by atoms with van der Waals surface area (Å²) < 4.78 is 26.8. The maximum atomic E-state index is 15.2. The van der Waals surface area contributed by atoms with Crippen molar-refractivity contribution in [2.75, 3.05) is 12.0 Å². The van der Waals surface area contributed by atoms with Crippen molar-refractivity contribution >= 4 is 62.5 Å². The predicted molar refractivity (Wildman–Crippen MR) is 154 cm³/mol. The van der Waals surface area contributed by atoms with Crippen molar-refractivity contribution in [2.45, 2.75) is 16.1 Å². The van der Waals surface area contributed by atoms with Gasteiger partial charge in [0.05, 0.1) is 12.7 Å². The molecule has 0 bridgehead atoms. The van der Waals surface area contributed by atoms with Crippen LogP contribution in [0.5, 0.6) is 5.75 Å². The molecule has 3 heterocycles. The average Bonchev–Trinajstić information content (AvgIpc) is 3.69. The number of anilines is 1. The molecule has 0 saturated carbocycles. The molecular weight excluding hydrogens is 589 g/mol. The van der Waals surface area contributed by atoms with Gasteiger partial charge in [0.1, 0.15) is 11.9 Å². The fourth-order valence-corrected chi connectivity index (χ4v) is 6.73. The molecule has 6 rings (SSSR count). The zero-order valence-corrected chi connectivity index (χ0v) is 23.6. The molecule has 206 valence electrons. The smallest absolute Gasteiger partial charge is 0.296 e. The quantitative estimate of drug-likeness (QED) is 0.112. The number of aliphatic hydroxyl groups is 1. The number of carbonyl (C=O) groups excluding carboxylic acids is 2. The highest BCUT2D eigenvalue weighted by molar-refractivity contribution is 8.00. The lowest BCUT2D eigenvalue weighted by atomic mass is 9.95. The Bertz CT molecular complexity index is 1850. The summed E-state index contributed by atoms with van der Waals surface area (Å²) in [6, 6.07) is 18.4. The first-order chi connectivity index (χ1) is 19.9. The standard InChI is InChI=1S/C29H19ClFN3O5S2/c1-38-20-12-6-8-15-13-21(39-26(15)20)24(35)22-23(17-9-3-5-11-19(17)31)34(27(37)25(22)36)28-32-33-29(41-28)40-14-16-7-2-4-10-18(16)30/h2-13,23,36H,14H2,1H3. The van der Waals surface area contributed by atoms with Crippen LogP contribution in [-0.2, 0) is 10.5 Å². The van der Waals surface area contributed by atoms with E-state index in [1.807, 2.05) is 18.2 Å². The summed E-state index contributed by atoms with van der Waals surface area (Å²) in [6.45, 7) is 0. The Labute approximate surface area is 246 Å². The first-order valence-electron chi connectivity index (χ1n) is 12.2. The minimum absolute atomic E-state index is 0.00223. The van der Waals surface area contributed by atoms with E-state index in [1.54, 1.807) is 30.3 Å². The summed E-state index contributed by atoms with van der Waals surface area (Å²) in [5.41, 5.74) is 0.888. The third-order valence-electron chi connectivity index (χ3n) is 6.52. The van der Waals surface area contributed by atoms with Crippen molar-refractivity contribution in [2.24, 2.45) is 0 Å². The highest BCUT2D eigenvalue weighted by Crippen LogP contribution is 2.45. The number of thioether (sulfide) groups is 1. The number of ketones is 1. The number of Topliss-reactive ketones (excluding diaryl/α,β-unsaturated/α-hetero) is 1. The Morgan fingerprint density at radius 2 is 1.93 bits per heavy atom. The zero-order valence-electron chi connectivity index (χ0n) is 21.2. The zero-order chi connectivity index (χ0) is 28.7. The molecule has 3 aromatic carbocycles. The summed E-state index contributed by atoms with van der Waals surface area (Å²) >= 11 is 8.69. The first kappa shape index (κ1) is 27.0. The molecule has 2 aromatic heterocycles. The number of hydrogen-bond donors (Lipinski definition) is 1. The number of methoxy groups -OCH3 is 1. The van der Waals surface area contributed by atoms with Crippen LogP contribution in [0.4, 0.5) is 9.52 Å². The Balaban J connectivity index is 1.38. The second-order valence-electron chi connectivity index (χ2n) is 8.91. The molecule has 41 heavy (non-hydrogen) atoms. The Morgan fingerprint density at radius 1 is 1.15 bits per heavy atom. The Kier molecular flexibility index (Phi) is 7.24. The molecular formula is C29H19ClFN3O5S2. The molecule has 1 N–H and O–H groups in total. The molecule has 5 aromatic rings. The van der Waals surface area contributed by atoms with Crippen molar-refractivity contribution in [3.63, 3.8) is 0 Å². The summed E-state index contributed by atoms with van der Waals surface area (Å²) in [6.07, 6.45) is 0. The average molecular weight is 608 g/mol. The van der Waals surface area contributed by atoms with E-state index in [0.717, 1.165) is 21.8 Å². The largest absolute Gasteiger partial charge is 0.503 e. The lowest BCUT2D eigenvalue weighted by molar-refractivity contribution is -0.117. The number of halogens is 2. The number of benzene rings is 3. The van der Waals surface area contributed by atoms with E-state index in [0.29, 0.717) is 31.8 Å². The fraction of sp³-hybridized carbons (Fsp3) is 0.103. The van der Waals surface area contributed by atoms with Crippen LogP contribution in [0.3, 0.4) is 0 Å². The summed E-state index contributed by atoms with van der Waals surface area (Å²) in [4.78, 5) is 28.4. The van der Waals surface area contributed by atoms with Crippen LogP contribution in [0.15, 0.2) is 92.9 Å². The van der Waals surface area contributed by atoms with E-state index in [2.05, 4.69) is 10.2 Å². The van der Waals surface area contributed by atoms with Crippen LogP contribution in [0, 0.1) is 5.82 Å². The van der Waals surface area contributed by atoms with Crippen LogP contribution in [-0.4, -0.2) is 34.1 Å². The van der Waals surface area contributed by atoms with Gasteiger partial charge >= 0.3 is 0 Å². The second-order valence-corrected chi connectivity index (χ2v) is 11.5. The number of carbonyl (C=O) groups is 2. The topological polar surface area (TPSA) is 106 Å². The first-order valence-corrected chi connectivity index (χ1v) is 14.4. The van der Waals surface area contributed by atoms with E-state index >= 15 is 4.39 Å². The molecule has 1 atom stereocenters. The van der Waals surface area contributed by atoms with Gasteiger partial charge < -0.3 is 14.3 Å². The fourth-order valence-electron chi connectivity index (χ4n) is 4.58. The van der Waals surface area contributed by atoms with E-state index < -0.39 is 29.3 Å². The normalized spacial score (nSPS) is 15.2. The number of aromatic nitrogens is 2. The van der Waals surface area contributed by atoms with Gasteiger partial charge in [-0.15, -0.1) is 10.2 Å². The van der Waals surface area contributed by atoms with Crippen molar-refractivity contribution in [1.82, 2.24) is 10.2 Å². The second kappa shape index (κ2) is 11.0. The third kappa shape index (κ3) is 4.86. The van der Waals surface area contributed by atoms with Gasteiger partial charge in [0.15, 0.2) is 27.2 Å². The van der Waals surface area contributed by atoms with Gasteiger partial charge in [0, 0.05) is 21.7 Å². The van der Waals surface area contributed by atoms with Gasteiger partial charge in [-0.25, -0.2) is 4.39 Å². The Morgan fingerprint density at radius 3 is 2.71 bits per heavy atom. The van der Waals surface area contributed by atoms with Gasteiger partial charge in [-0.1, -0.05) is 83.2 Å². The molecule has 1 aliphatic heterocycles. The van der Waals surface area contributed by atoms with E-state index in [4.69, 9.17) is 20.8 Å².